The van der Waals surface area contributed by atoms with E-state index in [4.69, 9.17) is 19.4 Å². The van der Waals surface area contributed by atoms with Gasteiger partial charge in [-0.2, -0.15) is 0 Å². The van der Waals surface area contributed by atoms with E-state index in [1.165, 1.54) is 6.07 Å². The Morgan fingerprint density at radius 3 is 2.47 bits per heavy atom. The number of carbonyl (C=O) groups is 1. The molecule has 2 aromatic rings. The molecule has 1 heterocycles. The minimum Gasteiger partial charge on any atom is -0.483 e. The van der Waals surface area contributed by atoms with Crippen molar-refractivity contribution in [2.24, 2.45) is 0 Å². The van der Waals surface area contributed by atoms with Crippen molar-refractivity contribution >= 4 is 5.97 Å². The molecule has 1 aromatic heterocycles. The zero-order chi connectivity index (χ0) is 13.8. The summed E-state index contributed by atoms with van der Waals surface area (Å²) in [7, 11) is 0. The number of rotatable bonds is 5. The zero-order valence-electron chi connectivity index (χ0n) is 10.4. The van der Waals surface area contributed by atoms with Crippen molar-refractivity contribution in [3.05, 3.63) is 53.5 Å². The second-order valence-electron chi connectivity index (χ2n) is 4.07. The number of aromatic carboxylic acids is 1. The van der Waals surface area contributed by atoms with E-state index in [2.05, 4.69) is 0 Å². The lowest BCUT2D eigenvalue weighted by Gasteiger charge is -2.12. The van der Waals surface area contributed by atoms with E-state index in [0.29, 0.717) is 11.5 Å². The Kier molecular flexibility index (Phi) is 3.87. The third-order valence-electron chi connectivity index (χ3n) is 2.66. The number of carboxylic acids is 1. The lowest BCUT2D eigenvalue weighted by molar-refractivity contribution is 0.0655. The Morgan fingerprint density at radius 1 is 1.26 bits per heavy atom. The molecule has 0 amide bonds. The molecule has 2 rings (SSSR count). The van der Waals surface area contributed by atoms with Crippen LogP contribution in [0.3, 0.4) is 0 Å². The van der Waals surface area contributed by atoms with Gasteiger partial charge in [-0.05, 0) is 36.8 Å². The first-order valence-electron chi connectivity index (χ1n) is 5.79. The lowest BCUT2D eigenvalue weighted by Crippen LogP contribution is -2.02. The summed E-state index contributed by atoms with van der Waals surface area (Å²) in [6.45, 7) is 1.75. The summed E-state index contributed by atoms with van der Waals surface area (Å²) < 4.78 is 10.8. The van der Waals surface area contributed by atoms with Gasteiger partial charge in [0.1, 0.15) is 11.5 Å². The van der Waals surface area contributed by atoms with Crippen molar-refractivity contribution in [2.75, 3.05) is 0 Å². The van der Waals surface area contributed by atoms with Gasteiger partial charge in [-0.3, -0.25) is 0 Å². The van der Waals surface area contributed by atoms with Gasteiger partial charge in [0.15, 0.2) is 6.10 Å². The molecule has 0 radical (unpaired) electrons. The minimum absolute atomic E-state index is 0.0179. The van der Waals surface area contributed by atoms with Crippen LogP contribution in [-0.4, -0.2) is 16.2 Å². The molecule has 0 saturated heterocycles. The second-order valence-corrected chi connectivity index (χ2v) is 4.07. The van der Waals surface area contributed by atoms with Crippen molar-refractivity contribution in [2.45, 2.75) is 19.6 Å². The molecule has 0 spiro atoms. The van der Waals surface area contributed by atoms with E-state index in [-0.39, 0.29) is 12.4 Å². The van der Waals surface area contributed by atoms with Gasteiger partial charge in [0, 0.05) is 0 Å². The molecule has 0 aliphatic rings. The van der Waals surface area contributed by atoms with Gasteiger partial charge in [0.25, 0.3) is 0 Å². The number of carboxylic acid groups (broad SMARTS) is 1. The summed E-state index contributed by atoms with van der Waals surface area (Å²) in [6, 6.07) is 9.97. The molecule has 0 bridgehead atoms. The van der Waals surface area contributed by atoms with Crippen LogP contribution in [-0.2, 0) is 6.61 Å². The fourth-order valence-corrected chi connectivity index (χ4v) is 1.62. The van der Waals surface area contributed by atoms with E-state index in [1.807, 2.05) is 0 Å². The molecule has 0 aliphatic carbocycles. The van der Waals surface area contributed by atoms with E-state index in [1.54, 1.807) is 37.3 Å². The summed E-state index contributed by atoms with van der Waals surface area (Å²) in [5.74, 6) is -0.145. The maximum Gasteiger partial charge on any atom is 0.371 e. The van der Waals surface area contributed by atoms with Gasteiger partial charge < -0.3 is 19.4 Å². The van der Waals surface area contributed by atoms with E-state index < -0.39 is 12.1 Å². The first-order chi connectivity index (χ1) is 9.10. The van der Waals surface area contributed by atoms with Crippen LogP contribution in [0.15, 0.2) is 40.8 Å². The fourth-order valence-electron chi connectivity index (χ4n) is 1.62. The summed E-state index contributed by atoms with van der Waals surface area (Å²) >= 11 is 0. The summed E-state index contributed by atoms with van der Waals surface area (Å²) in [6.07, 6.45) is -0.395. The molecule has 1 unspecified atom stereocenters. The first kappa shape index (κ1) is 13.2. The number of furan rings is 1. The van der Waals surface area contributed by atoms with Crippen molar-refractivity contribution in [1.82, 2.24) is 0 Å². The van der Waals surface area contributed by atoms with Gasteiger partial charge in [-0.15, -0.1) is 0 Å². The van der Waals surface area contributed by atoms with Crippen LogP contribution in [0.2, 0.25) is 0 Å². The number of ether oxygens (including phenoxy) is 1. The molecule has 5 nitrogen and oxygen atoms in total. The number of hydrogen-bond acceptors (Lipinski definition) is 4. The molecule has 0 saturated carbocycles. The highest BCUT2D eigenvalue weighted by atomic mass is 16.5. The molecule has 1 atom stereocenters. The van der Waals surface area contributed by atoms with Crippen LogP contribution >= 0.6 is 0 Å². The molecule has 5 heteroatoms. The molecule has 0 aliphatic heterocycles. The largest absolute Gasteiger partial charge is 0.483 e. The second kappa shape index (κ2) is 5.58. The van der Waals surface area contributed by atoms with Crippen LogP contribution in [0.4, 0.5) is 0 Å². The Balaban J connectivity index is 2.06. The van der Waals surface area contributed by atoms with E-state index >= 15 is 0 Å². The van der Waals surface area contributed by atoms with Gasteiger partial charge in [0.2, 0.25) is 5.76 Å². The molecule has 1 aromatic carbocycles. The summed E-state index contributed by atoms with van der Waals surface area (Å²) in [5.41, 5.74) is 0.797. The van der Waals surface area contributed by atoms with Gasteiger partial charge in [-0.25, -0.2) is 4.79 Å². The quantitative estimate of drug-likeness (QED) is 0.865. The number of aliphatic hydroxyl groups is 1. The van der Waals surface area contributed by atoms with Crippen LogP contribution in [0.5, 0.6) is 5.75 Å². The standard InChI is InChI=1S/C14H14O5/c1-9(12-6-7-13(19-12)14(16)17)18-11-4-2-10(8-15)3-5-11/h2-7,9,15H,8H2,1H3,(H,16,17). The average Bonchev–Trinajstić information content (AvgIpc) is 2.89. The lowest BCUT2D eigenvalue weighted by atomic mass is 10.2. The maximum atomic E-state index is 10.7. The van der Waals surface area contributed by atoms with E-state index in [9.17, 15) is 4.79 Å². The molecular weight excluding hydrogens is 248 g/mol. The Morgan fingerprint density at radius 2 is 1.95 bits per heavy atom. The highest BCUT2D eigenvalue weighted by molar-refractivity contribution is 5.84. The van der Waals surface area contributed by atoms with Gasteiger partial charge in [-0.1, -0.05) is 12.1 Å². The van der Waals surface area contributed by atoms with Crippen molar-refractivity contribution < 1.29 is 24.2 Å². The van der Waals surface area contributed by atoms with Crippen molar-refractivity contribution in [1.29, 1.82) is 0 Å². The molecule has 0 fully saturated rings. The summed E-state index contributed by atoms with van der Waals surface area (Å²) in [4.78, 5) is 10.7. The van der Waals surface area contributed by atoms with Gasteiger partial charge in [0.05, 0.1) is 6.61 Å². The zero-order valence-corrected chi connectivity index (χ0v) is 10.4. The van der Waals surface area contributed by atoms with Crippen LogP contribution < -0.4 is 4.74 Å². The molecular formula is C14H14O5. The third kappa shape index (κ3) is 3.14. The van der Waals surface area contributed by atoms with Gasteiger partial charge >= 0.3 is 5.97 Å². The Bertz CT molecular complexity index is 555. The third-order valence-corrected chi connectivity index (χ3v) is 2.66. The van der Waals surface area contributed by atoms with Crippen LogP contribution in [0.1, 0.15) is 34.9 Å². The number of hydrogen-bond donors (Lipinski definition) is 2. The average molecular weight is 262 g/mol. The smallest absolute Gasteiger partial charge is 0.371 e. The predicted molar refractivity (Wildman–Crippen MR) is 67.1 cm³/mol. The van der Waals surface area contributed by atoms with Crippen LogP contribution in [0.25, 0.3) is 0 Å². The molecule has 2 N–H and O–H groups in total. The van der Waals surface area contributed by atoms with Crippen molar-refractivity contribution in [3.63, 3.8) is 0 Å². The summed E-state index contributed by atoms with van der Waals surface area (Å²) in [5, 5.41) is 17.7. The number of benzene rings is 1. The topological polar surface area (TPSA) is 79.9 Å². The molecule has 19 heavy (non-hydrogen) atoms. The Labute approximate surface area is 110 Å². The first-order valence-corrected chi connectivity index (χ1v) is 5.79. The number of aliphatic hydroxyl groups excluding tert-OH is 1. The highest BCUT2D eigenvalue weighted by Gasteiger charge is 2.15. The van der Waals surface area contributed by atoms with E-state index in [0.717, 1.165) is 5.56 Å². The maximum absolute atomic E-state index is 10.7. The fraction of sp³-hybridized carbons (Fsp3) is 0.214. The Hall–Kier alpha value is -2.27. The SMILES string of the molecule is CC(Oc1ccc(CO)cc1)c1ccc(C(=O)O)o1. The normalized spacial score (nSPS) is 12.1. The van der Waals surface area contributed by atoms with Crippen LogP contribution in [0, 0.1) is 0 Å². The van der Waals surface area contributed by atoms with Crippen molar-refractivity contribution in [3.8, 4) is 5.75 Å². The predicted octanol–water partition coefficient (Wildman–Crippen LogP) is 2.61. The highest BCUT2D eigenvalue weighted by Crippen LogP contribution is 2.23. The molecule has 100 valence electrons. The minimum atomic E-state index is -1.11. The monoisotopic (exact) mass is 262 g/mol.